The number of nitrogens with zero attached hydrogens (tertiary/aromatic N) is 1. The Balaban J connectivity index is 1.96. The summed E-state index contributed by atoms with van der Waals surface area (Å²) in [6.45, 7) is 1.05. The number of rotatable bonds is 4. The van der Waals surface area contributed by atoms with Gasteiger partial charge in [0.25, 0.3) is 0 Å². The molecule has 0 bridgehead atoms. The zero-order valence-electron chi connectivity index (χ0n) is 12.7. The number of carbonyl (C=O) groups excluding carboxylic acids is 1. The van der Waals surface area contributed by atoms with Crippen LogP contribution in [0.1, 0.15) is 19.3 Å². The van der Waals surface area contributed by atoms with Gasteiger partial charge in [-0.3, -0.25) is 0 Å². The van der Waals surface area contributed by atoms with E-state index < -0.39 is 18.1 Å². The molecule has 8 heteroatoms. The summed E-state index contributed by atoms with van der Waals surface area (Å²) < 4.78 is 46.5. The van der Waals surface area contributed by atoms with Crippen LogP contribution in [-0.4, -0.2) is 43.6 Å². The van der Waals surface area contributed by atoms with Crippen molar-refractivity contribution in [3.63, 3.8) is 0 Å². The highest BCUT2D eigenvalue weighted by Gasteiger charge is 2.32. The van der Waals surface area contributed by atoms with Gasteiger partial charge in [-0.1, -0.05) is 12.1 Å². The quantitative estimate of drug-likeness (QED) is 0.916. The lowest BCUT2D eigenvalue weighted by Gasteiger charge is -2.27. The van der Waals surface area contributed by atoms with Gasteiger partial charge < -0.3 is 19.7 Å². The fraction of sp³-hybridized carbons (Fsp3) is 0.533. The number of anilines is 1. The van der Waals surface area contributed by atoms with E-state index in [9.17, 15) is 18.0 Å². The van der Waals surface area contributed by atoms with Crippen molar-refractivity contribution in [1.82, 2.24) is 4.90 Å². The normalized spacial score (nSPS) is 18.3. The summed E-state index contributed by atoms with van der Waals surface area (Å²) in [5, 5.41) is 2.43. The number of hydrogen-bond donors (Lipinski definition) is 1. The van der Waals surface area contributed by atoms with Crippen LogP contribution in [0.4, 0.5) is 23.7 Å². The molecule has 1 heterocycles. The van der Waals surface area contributed by atoms with Crippen molar-refractivity contribution in [3.8, 4) is 5.75 Å². The van der Waals surface area contributed by atoms with Gasteiger partial charge in [0.05, 0.1) is 11.8 Å². The second-order valence-electron chi connectivity index (χ2n) is 5.34. The second kappa shape index (κ2) is 7.54. The molecule has 1 saturated heterocycles. The Morgan fingerprint density at radius 3 is 2.78 bits per heavy atom. The molecule has 5 nitrogen and oxygen atoms in total. The summed E-state index contributed by atoms with van der Waals surface area (Å²) in [6, 6.07) is 4.90. The number of nitrogens with one attached hydrogen (secondary N) is 1. The molecular weight excluding hydrogens is 313 g/mol. The van der Waals surface area contributed by atoms with Crippen molar-refractivity contribution in [2.45, 2.75) is 31.7 Å². The lowest BCUT2D eigenvalue weighted by Crippen LogP contribution is -2.39. The summed E-state index contributed by atoms with van der Waals surface area (Å²) in [5.74, 6) is -0.448. The monoisotopic (exact) mass is 332 g/mol. The van der Waals surface area contributed by atoms with Crippen LogP contribution in [0.15, 0.2) is 24.3 Å². The molecule has 0 saturated carbocycles. The minimum absolute atomic E-state index is 0.0359. The van der Waals surface area contributed by atoms with Crippen molar-refractivity contribution in [2.75, 3.05) is 25.5 Å². The number of alkyl halides is 3. The number of hydrogen-bond acceptors (Lipinski definition) is 3. The minimum atomic E-state index is -4.82. The largest absolute Gasteiger partial charge is 0.573 e. The lowest BCUT2D eigenvalue weighted by atomic mass is 10.1. The van der Waals surface area contributed by atoms with Gasteiger partial charge >= 0.3 is 12.4 Å². The fourth-order valence-corrected chi connectivity index (χ4v) is 2.33. The molecule has 1 fully saturated rings. The Morgan fingerprint density at radius 2 is 2.13 bits per heavy atom. The molecule has 0 aliphatic carbocycles. The van der Waals surface area contributed by atoms with E-state index in [0.717, 1.165) is 25.3 Å². The first-order valence-corrected chi connectivity index (χ1v) is 7.33. The third kappa shape index (κ3) is 5.63. The van der Waals surface area contributed by atoms with Gasteiger partial charge in [-0.25, -0.2) is 4.79 Å². The van der Waals surface area contributed by atoms with Crippen molar-refractivity contribution in [2.24, 2.45) is 0 Å². The zero-order valence-corrected chi connectivity index (χ0v) is 12.7. The summed E-state index contributed by atoms with van der Waals surface area (Å²) in [6.07, 6.45) is -1.94. The first-order chi connectivity index (χ1) is 10.8. The molecule has 0 radical (unpaired) electrons. The second-order valence-corrected chi connectivity index (χ2v) is 5.34. The first kappa shape index (κ1) is 17.4. The van der Waals surface area contributed by atoms with E-state index in [-0.39, 0.29) is 11.8 Å². The van der Waals surface area contributed by atoms with Crippen LogP contribution in [-0.2, 0) is 4.74 Å². The summed E-state index contributed by atoms with van der Waals surface area (Å²) in [5.41, 5.74) is -0.0359. The van der Waals surface area contributed by atoms with Crippen molar-refractivity contribution < 1.29 is 27.4 Å². The summed E-state index contributed by atoms with van der Waals surface area (Å²) in [4.78, 5) is 13.5. The van der Waals surface area contributed by atoms with E-state index in [0.29, 0.717) is 13.2 Å². The topological polar surface area (TPSA) is 50.8 Å². The maximum absolute atomic E-state index is 12.4. The van der Waals surface area contributed by atoms with Crippen molar-refractivity contribution in [1.29, 1.82) is 0 Å². The van der Waals surface area contributed by atoms with Crippen LogP contribution >= 0.6 is 0 Å². The average molecular weight is 332 g/mol. The molecular formula is C15H19F3N2O3. The van der Waals surface area contributed by atoms with Gasteiger partial charge in [0.15, 0.2) is 5.75 Å². The molecule has 1 N–H and O–H groups in total. The smallest absolute Gasteiger partial charge is 0.404 e. The van der Waals surface area contributed by atoms with E-state index in [1.807, 2.05) is 0 Å². The number of halogens is 3. The maximum Gasteiger partial charge on any atom is 0.573 e. The highest BCUT2D eigenvalue weighted by atomic mass is 19.4. The predicted octanol–water partition coefficient (Wildman–Crippen LogP) is 3.62. The van der Waals surface area contributed by atoms with E-state index in [4.69, 9.17) is 4.74 Å². The van der Waals surface area contributed by atoms with Crippen LogP contribution in [0.3, 0.4) is 0 Å². The third-order valence-electron chi connectivity index (χ3n) is 3.45. The van der Waals surface area contributed by atoms with Gasteiger partial charge in [0, 0.05) is 20.2 Å². The number of ether oxygens (including phenoxy) is 2. The molecule has 1 aliphatic heterocycles. The molecule has 2 amide bonds. The van der Waals surface area contributed by atoms with Crippen LogP contribution in [0.2, 0.25) is 0 Å². The van der Waals surface area contributed by atoms with Gasteiger partial charge in [-0.05, 0) is 31.4 Å². The first-order valence-electron chi connectivity index (χ1n) is 7.33. The van der Waals surface area contributed by atoms with Crippen LogP contribution in [0.5, 0.6) is 5.75 Å². The highest BCUT2D eigenvalue weighted by Crippen LogP contribution is 2.30. The molecule has 1 atom stereocenters. The SMILES string of the molecule is CN(C[C@@H]1CCCCO1)C(=O)Nc1ccccc1OC(F)(F)F. The van der Waals surface area contributed by atoms with E-state index in [2.05, 4.69) is 10.1 Å². The zero-order chi connectivity index (χ0) is 16.9. The number of likely N-dealkylation sites (N-methyl/N-ethyl adjacent to an activating group) is 1. The van der Waals surface area contributed by atoms with Gasteiger partial charge in [0.2, 0.25) is 0 Å². The number of amides is 2. The highest BCUT2D eigenvalue weighted by molar-refractivity contribution is 5.90. The lowest BCUT2D eigenvalue weighted by molar-refractivity contribution is -0.274. The van der Waals surface area contributed by atoms with Crippen LogP contribution in [0.25, 0.3) is 0 Å². The Bertz CT molecular complexity index is 531. The van der Waals surface area contributed by atoms with Crippen LogP contribution in [0, 0.1) is 0 Å². The van der Waals surface area contributed by atoms with Crippen molar-refractivity contribution >= 4 is 11.7 Å². The Kier molecular flexibility index (Phi) is 5.70. The Labute approximate surface area is 132 Å². The van der Waals surface area contributed by atoms with Gasteiger partial charge in [0.1, 0.15) is 0 Å². The molecule has 0 spiro atoms. The molecule has 2 rings (SSSR count). The maximum atomic E-state index is 12.4. The molecule has 1 aromatic carbocycles. The average Bonchev–Trinajstić information content (AvgIpc) is 2.48. The van der Waals surface area contributed by atoms with Gasteiger partial charge in [-0.15, -0.1) is 13.2 Å². The standard InChI is InChI=1S/C15H19F3N2O3/c1-20(10-11-6-4-5-9-22-11)14(21)19-12-7-2-3-8-13(12)23-15(16,17)18/h2-3,7-8,11H,4-6,9-10H2,1H3,(H,19,21)/t11-/m0/s1. The molecule has 1 aromatic rings. The summed E-state index contributed by atoms with van der Waals surface area (Å²) >= 11 is 0. The van der Waals surface area contributed by atoms with Gasteiger partial charge in [-0.2, -0.15) is 0 Å². The number of benzene rings is 1. The third-order valence-corrected chi connectivity index (χ3v) is 3.45. The minimum Gasteiger partial charge on any atom is -0.404 e. The van der Waals surface area contributed by atoms with Crippen molar-refractivity contribution in [3.05, 3.63) is 24.3 Å². The molecule has 0 unspecified atom stereocenters. The summed E-state index contributed by atoms with van der Waals surface area (Å²) in [7, 11) is 1.57. The molecule has 128 valence electrons. The number of carbonyl (C=O) groups is 1. The predicted molar refractivity (Wildman–Crippen MR) is 78.4 cm³/mol. The van der Waals surface area contributed by atoms with E-state index >= 15 is 0 Å². The molecule has 23 heavy (non-hydrogen) atoms. The number of para-hydroxylation sites is 2. The molecule has 1 aliphatic rings. The van der Waals surface area contributed by atoms with E-state index in [1.54, 1.807) is 7.05 Å². The van der Waals surface area contributed by atoms with E-state index in [1.165, 1.54) is 23.1 Å². The number of urea groups is 1. The molecule has 0 aromatic heterocycles. The Morgan fingerprint density at radius 1 is 1.39 bits per heavy atom. The fourth-order valence-electron chi connectivity index (χ4n) is 2.33. The van der Waals surface area contributed by atoms with Crippen LogP contribution < -0.4 is 10.1 Å². The Hall–Kier alpha value is -1.96.